The van der Waals surface area contributed by atoms with Crippen LogP contribution in [0.15, 0.2) is 237 Å². The minimum atomic E-state index is -1.89. The second-order valence-electron chi connectivity index (χ2n) is 29.4. The summed E-state index contributed by atoms with van der Waals surface area (Å²) in [6.45, 7) is 27.1. The summed E-state index contributed by atoms with van der Waals surface area (Å²) < 4.78 is 86.3. The van der Waals surface area contributed by atoms with Gasteiger partial charge in [0.15, 0.2) is 23.0 Å². The standard InChI is InChI=1S/C94H76N4O24/c1-47(2)91(105)119-59-35-73(111-43-59)97(74-36-60(44-112-74)120-92(106)48(3)4)89(103)67(27-29-109-13)95-85(99)63-39-69(115-55-23-15-19-51(9)31-55)79-81-71(117-57-25-17-21-53(11)33-57)41-65-78-66(42-72(118-58-26-18-22-54(12)34-58)82(84(78)81)80-70(116-56-24-16-20-52(10)32-56)40-64(86(95)100)77(63)83(79)80)88(102)96(87(65)101)68(28-30-110-14)90(104)98(75-37-61(45-113-75)121-93(107)49(5)6)76-38-62(46-114-76)122-94(108)50(7)8/h15-26,31-46,67-68H,1,3,5,7,27-30H2,2,4,6,8-14H3. The Balaban J connectivity index is 1.03. The number of ether oxygens (including phenoxy) is 10. The first kappa shape index (κ1) is 81.7. The Morgan fingerprint density at radius 3 is 0.787 bits per heavy atom. The summed E-state index contributed by atoms with van der Waals surface area (Å²) in [5.41, 5.74) is 2.11. The van der Waals surface area contributed by atoms with Gasteiger partial charge in [0.1, 0.15) is 83.1 Å². The Morgan fingerprint density at radius 1 is 0.336 bits per heavy atom. The van der Waals surface area contributed by atoms with E-state index in [1.165, 1.54) is 90.4 Å². The minimum Gasteiger partial charge on any atom is -0.457 e. The molecule has 2 atom stereocenters. The third kappa shape index (κ3) is 15.6. The van der Waals surface area contributed by atoms with Gasteiger partial charge in [0.25, 0.3) is 35.4 Å². The lowest BCUT2D eigenvalue weighted by molar-refractivity contribution is -0.131. The maximum absolute atomic E-state index is 16.9. The molecule has 0 bridgehead atoms. The number of nitrogens with zero attached hydrogens (tertiary/aromatic N) is 4. The van der Waals surface area contributed by atoms with Crippen LogP contribution in [0.2, 0.25) is 0 Å². The zero-order chi connectivity index (χ0) is 86.5. The fourth-order valence-electron chi connectivity index (χ4n) is 14.5. The summed E-state index contributed by atoms with van der Waals surface area (Å²) in [6.07, 6.45) is 3.26. The molecule has 28 nitrogen and oxygen atoms in total. The van der Waals surface area contributed by atoms with Crippen molar-refractivity contribution in [3.63, 3.8) is 0 Å². The van der Waals surface area contributed by atoms with Crippen molar-refractivity contribution in [1.82, 2.24) is 9.80 Å². The molecule has 0 radical (unpaired) electrons. The van der Waals surface area contributed by atoms with Gasteiger partial charge in [-0.2, -0.15) is 0 Å². The van der Waals surface area contributed by atoms with E-state index in [9.17, 15) is 19.2 Å². The number of methoxy groups -OCH3 is 2. The number of aryl methyl sites for hydroxylation is 4. The number of esters is 4. The first-order chi connectivity index (χ1) is 58.5. The highest BCUT2D eigenvalue weighted by Gasteiger charge is 2.49. The van der Waals surface area contributed by atoms with Crippen LogP contribution in [0, 0.1) is 27.7 Å². The molecular formula is C94H76N4O24. The van der Waals surface area contributed by atoms with E-state index >= 15 is 28.8 Å². The smallest absolute Gasteiger partial charge is 0.338 e. The Bertz CT molecular complexity index is 5870. The number of hydrogen-bond donors (Lipinski definition) is 0. The lowest BCUT2D eigenvalue weighted by atomic mass is 9.80. The molecule has 28 heteroatoms. The molecule has 0 spiro atoms. The number of benzene rings is 9. The van der Waals surface area contributed by atoms with E-state index in [1.54, 1.807) is 72.8 Å². The van der Waals surface area contributed by atoms with E-state index in [-0.39, 0.29) is 193 Å². The van der Waals surface area contributed by atoms with E-state index in [2.05, 4.69) is 26.3 Å². The molecule has 4 aromatic heterocycles. The largest absolute Gasteiger partial charge is 0.457 e. The molecular weight excluding hydrogens is 1570 g/mol. The number of anilines is 4. The molecule has 15 rings (SSSR count). The van der Waals surface area contributed by atoms with E-state index in [0.717, 1.165) is 66.9 Å². The van der Waals surface area contributed by atoms with Gasteiger partial charge >= 0.3 is 23.9 Å². The third-order valence-corrected chi connectivity index (χ3v) is 20.0. The number of amides is 6. The highest BCUT2D eigenvalue weighted by Crippen LogP contribution is 2.59. The third-order valence-electron chi connectivity index (χ3n) is 20.0. The average molecular weight is 1650 g/mol. The molecule has 6 amide bonds. The maximum atomic E-state index is 16.9. The molecule has 0 saturated carbocycles. The molecule has 0 saturated heterocycles. The number of fused-ring (bicyclic) bond motifs is 2. The lowest BCUT2D eigenvalue weighted by Gasteiger charge is -2.36. The van der Waals surface area contributed by atoms with Crippen molar-refractivity contribution < 1.29 is 113 Å². The van der Waals surface area contributed by atoms with Gasteiger partial charge in [-0.05, 0) is 150 Å². The first-order valence-electron chi connectivity index (χ1n) is 38.1. The van der Waals surface area contributed by atoms with Crippen LogP contribution < -0.4 is 47.7 Å². The molecule has 0 N–H and O–H groups in total. The van der Waals surface area contributed by atoms with Crippen LogP contribution in [0.4, 0.5) is 23.5 Å². The van der Waals surface area contributed by atoms with Crippen molar-refractivity contribution in [2.24, 2.45) is 0 Å². The summed E-state index contributed by atoms with van der Waals surface area (Å²) in [7, 11) is 2.70. The molecule has 13 aromatic rings. The summed E-state index contributed by atoms with van der Waals surface area (Å²) in [4.78, 5) is 155. The fourth-order valence-corrected chi connectivity index (χ4v) is 14.5. The molecule has 2 unspecified atom stereocenters. The van der Waals surface area contributed by atoms with Crippen molar-refractivity contribution in [2.45, 2.75) is 80.3 Å². The number of rotatable bonds is 30. The van der Waals surface area contributed by atoms with E-state index in [4.69, 9.17) is 65.0 Å². The summed E-state index contributed by atoms with van der Waals surface area (Å²) in [5.74, 6) is -11.6. The number of imide groups is 2. The normalized spacial score (nSPS) is 12.8. The van der Waals surface area contributed by atoms with Crippen LogP contribution in [-0.2, 0) is 38.2 Å². The Morgan fingerprint density at radius 2 is 0.574 bits per heavy atom. The zero-order valence-electron chi connectivity index (χ0n) is 67.6. The van der Waals surface area contributed by atoms with Gasteiger partial charge in [-0.15, -0.1) is 0 Å². The quantitative estimate of drug-likeness (QED) is 0.0133. The predicted octanol–water partition coefficient (Wildman–Crippen LogP) is 19.2. The number of carbonyl (C=O) groups is 10. The van der Waals surface area contributed by atoms with Gasteiger partial charge in [0.05, 0.1) is 22.3 Å². The molecule has 6 heterocycles. The van der Waals surface area contributed by atoms with Crippen LogP contribution in [-0.4, -0.2) is 109 Å². The van der Waals surface area contributed by atoms with E-state index < -0.39 is 84.2 Å². The number of furan rings is 4. The predicted molar refractivity (Wildman–Crippen MR) is 445 cm³/mol. The molecule has 0 aliphatic carbocycles. The summed E-state index contributed by atoms with van der Waals surface area (Å²) in [6, 6.07) is 34.6. The van der Waals surface area contributed by atoms with Crippen LogP contribution >= 0.6 is 0 Å². The lowest BCUT2D eigenvalue weighted by Crippen LogP contribution is -2.54. The molecule has 122 heavy (non-hydrogen) atoms. The van der Waals surface area contributed by atoms with Gasteiger partial charge < -0.3 is 65.0 Å². The van der Waals surface area contributed by atoms with Crippen molar-refractivity contribution >= 4 is 126 Å². The minimum absolute atomic E-state index is 0.0174. The van der Waals surface area contributed by atoms with Gasteiger partial charge in [-0.1, -0.05) is 74.8 Å². The average Bonchev–Trinajstić information content (AvgIpc) is 0.881. The van der Waals surface area contributed by atoms with Crippen molar-refractivity contribution in [3.8, 4) is 69.0 Å². The monoisotopic (exact) mass is 1640 g/mol. The van der Waals surface area contributed by atoms with Crippen LogP contribution in [0.25, 0.3) is 43.1 Å². The highest BCUT2D eigenvalue weighted by molar-refractivity contribution is 6.45. The Hall–Kier alpha value is -15.4. The highest BCUT2D eigenvalue weighted by atomic mass is 16.6. The second kappa shape index (κ2) is 33.2. The van der Waals surface area contributed by atoms with Crippen LogP contribution in [0.1, 0.15) is 104 Å². The second-order valence-corrected chi connectivity index (χ2v) is 29.4. The summed E-state index contributed by atoms with van der Waals surface area (Å²) >= 11 is 0. The van der Waals surface area contributed by atoms with E-state index in [1.807, 2.05) is 52.0 Å². The van der Waals surface area contributed by atoms with Gasteiger partial charge in [-0.25, -0.2) is 29.0 Å². The van der Waals surface area contributed by atoms with E-state index in [0.29, 0.717) is 0 Å². The number of carbonyl (C=O) groups excluding carboxylic acids is 10. The summed E-state index contributed by atoms with van der Waals surface area (Å²) in [5, 5.41) is 0.579. The number of hydrogen-bond acceptors (Lipinski definition) is 24. The zero-order valence-corrected chi connectivity index (χ0v) is 67.6. The molecule has 2 aliphatic heterocycles. The first-order valence-corrected chi connectivity index (χ1v) is 38.1. The molecule has 9 aromatic carbocycles. The topological polar surface area (TPSA) is 329 Å². The van der Waals surface area contributed by atoms with Crippen LogP contribution in [0.5, 0.6) is 69.0 Å². The molecule has 0 fully saturated rings. The van der Waals surface area contributed by atoms with Crippen molar-refractivity contribution in [3.05, 3.63) is 264 Å². The Labute approximate surface area is 695 Å². The van der Waals surface area contributed by atoms with Gasteiger partial charge in [-0.3, -0.25) is 38.6 Å². The van der Waals surface area contributed by atoms with Crippen molar-refractivity contribution in [2.75, 3.05) is 37.2 Å². The molecule has 2 aliphatic rings. The van der Waals surface area contributed by atoms with Crippen LogP contribution in [0.3, 0.4) is 0 Å². The Kier molecular flexibility index (Phi) is 22.2. The van der Waals surface area contributed by atoms with Crippen molar-refractivity contribution in [1.29, 1.82) is 0 Å². The van der Waals surface area contributed by atoms with Gasteiger partial charge in [0, 0.05) is 130 Å². The maximum Gasteiger partial charge on any atom is 0.338 e. The fraction of sp³-hybridized carbons (Fsp3) is 0.170. The SMILES string of the molecule is C=C(C)C(=O)Oc1coc(N(C(=O)C(CCOC)N2C(=O)c3cc(Oc4cccc(C)c4)c4c5c(Oc6cccc(C)c6)cc6c7c(cc(Oc8cccc(C)c8)c(c8c(Oc9cccc(C)c9)cc(c3c48)C2=O)c75)C(=O)N(C(CCOC)C(=O)N(c2cc(OC(=O)C(=C)C)co2)c2cc(OC(=O)C(=C)C)co2)C6=O)c2cc(OC(=O)C(=C)C)co2)c1. The molecule has 616 valence electrons. The van der Waals surface area contributed by atoms with Gasteiger partial charge in [0.2, 0.25) is 23.5 Å².